The summed E-state index contributed by atoms with van der Waals surface area (Å²) < 4.78 is 1.95. The number of aliphatic hydroxyl groups excluding tert-OH is 1. The van der Waals surface area contributed by atoms with E-state index in [0.29, 0.717) is 12.8 Å². The van der Waals surface area contributed by atoms with Gasteiger partial charge in [-0.2, -0.15) is 0 Å². The molecule has 1 aromatic rings. The van der Waals surface area contributed by atoms with E-state index in [-0.39, 0.29) is 0 Å². The summed E-state index contributed by atoms with van der Waals surface area (Å²) in [5.41, 5.74) is -0.842. The van der Waals surface area contributed by atoms with Gasteiger partial charge in [-0.3, -0.25) is 0 Å². The molecule has 2 rings (SSSR count). The van der Waals surface area contributed by atoms with Gasteiger partial charge >= 0.3 is 0 Å². The van der Waals surface area contributed by atoms with Crippen molar-refractivity contribution in [2.45, 2.75) is 50.2 Å². The van der Waals surface area contributed by atoms with Gasteiger partial charge in [-0.1, -0.05) is 12.8 Å². The van der Waals surface area contributed by atoms with Gasteiger partial charge in [-0.15, -0.1) is 0 Å². The van der Waals surface area contributed by atoms with Crippen molar-refractivity contribution in [2.75, 3.05) is 0 Å². The molecule has 4 nitrogen and oxygen atoms in total. The van der Waals surface area contributed by atoms with Crippen LogP contribution in [0, 0.1) is 0 Å². The fraction of sp³-hybridized carbons (Fsp3) is 0.750. The molecule has 0 saturated heterocycles. The number of rotatable bonds is 4. The van der Waals surface area contributed by atoms with E-state index >= 15 is 0 Å². The van der Waals surface area contributed by atoms with E-state index in [4.69, 9.17) is 0 Å². The molecule has 4 heteroatoms. The molecule has 90 valence electrons. The lowest BCUT2D eigenvalue weighted by atomic mass is 9.91. The molecule has 1 fully saturated rings. The van der Waals surface area contributed by atoms with Crippen LogP contribution in [0.15, 0.2) is 12.4 Å². The molecule has 16 heavy (non-hydrogen) atoms. The Hall–Kier alpha value is -0.870. The highest BCUT2D eigenvalue weighted by Crippen LogP contribution is 2.33. The second-order valence-corrected chi connectivity index (χ2v) is 4.82. The smallest absolute Gasteiger partial charge is 0.108 e. The van der Waals surface area contributed by atoms with Gasteiger partial charge in [-0.05, 0) is 19.3 Å². The van der Waals surface area contributed by atoms with E-state index in [0.717, 1.165) is 31.5 Å². The fourth-order valence-electron chi connectivity index (χ4n) is 2.49. The Bertz CT molecular complexity index is 343. The molecule has 0 spiro atoms. The van der Waals surface area contributed by atoms with Crippen LogP contribution in [0.4, 0.5) is 0 Å². The SMILES string of the molecule is Cn1ccnc1CCC(O)C1(O)CCCC1. The molecule has 1 aliphatic rings. The molecule has 1 aliphatic carbocycles. The molecule has 1 unspecified atom stereocenters. The molecule has 0 amide bonds. The van der Waals surface area contributed by atoms with Crippen LogP contribution in [0.5, 0.6) is 0 Å². The molecule has 1 heterocycles. The summed E-state index contributed by atoms with van der Waals surface area (Å²) >= 11 is 0. The predicted molar refractivity (Wildman–Crippen MR) is 61.0 cm³/mol. The highest BCUT2D eigenvalue weighted by atomic mass is 16.3. The molecule has 0 aliphatic heterocycles. The number of nitrogens with zero attached hydrogens (tertiary/aromatic N) is 2. The minimum atomic E-state index is -0.842. The Morgan fingerprint density at radius 2 is 2.19 bits per heavy atom. The van der Waals surface area contributed by atoms with Gasteiger partial charge in [0.25, 0.3) is 0 Å². The van der Waals surface area contributed by atoms with Crippen molar-refractivity contribution in [3.05, 3.63) is 18.2 Å². The molecule has 1 saturated carbocycles. The maximum atomic E-state index is 10.2. The normalized spacial score (nSPS) is 21.2. The highest BCUT2D eigenvalue weighted by Gasteiger charge is 2.38. The average Bonchev–Trinajstić information content (AvgIpc) is 2.85. The maximum Gasteiger partial charge on any atom is 0.108 e. The molecular weight excluding hydrogens is 204 g/mol. The van der Waals surface area contributed by atoms with Gasteiger partial charge in [0, 0.05) is 25.9 Å². The van der Waals surface area contributed by atoms with Gasteiger partial charge in [0.05, 0.1) is 11.7 Å². The van der Waals surface area contributed by atoms with Crippen molar-refractivity contribution in [3.63, 3.8) is 0 Å². The van der Waals surface area contributed by atoms with Gasteiger partial charge in [0.1, 0.15) is 5.82 Å². The second kappa shape index (κ2) is 4.55. The Labute approximate surface area is 95.9 Å². The van der Waals surface area contributed by atoms with Crippen LogP contribution < -0.4 is 0 Å². The Balaban J connectivity index is 1.88. The number of imidazole rings is 1. The Morgan fingerprint density at radius 1 is 1.50 bits per heavy atom. The van der Waals surface area contributed by atoms with Crippen LogP contribution in [0.2, 0.25) is 0 Å². The molecule has 0 radical (unpaired) electrons. The van der Waals surface area contributed by atoms with Gasteiger partial charge in [-0.25, -0.2) is 4.98 Å². The summed E-state index contributed by atoms with van der Waals surface area (Å²) in [7, 11) is 1.94. The number of aliphatic hydroxyl groups is 2. The van der Waals surface area contributed by atoms with Crippen molar-refractivity contribution in [2.24, 2.45) is 7.05 Å². The summed E-state index contributed by atoms with van der Waals surface area (Å²) in [4.78, 5) is 4.21. The van der Waals surface area contributed by atoms with Crippen molar-refractivity contribution < 1.29 is 10.2 Å². The molecule has 2 N–H and O–H groups in total. The van der Waals surface area contributed by atoms with Crippen LogP contribution in [-0.2, 0) is 13.5 Å². The van der Waals surface area contributed by atoms with E-state index in [9.17, 15) is 10.2 Å². The number of aryl methyl sites for hydroxylation is 2. The predicted octanol–water partition coefficient (Wildman–Crippen LogP) is 1.02. The number of hydrogen-bond acceptors (Lipinski definition) is 3. The summed E-state index contributed by atoms with van der Waals surface area (Å²) in [5.74, 6) is 0.959. The first-order chi connectivity index (χ1) is 7.62. The number of aromatic nitrogens is 2. The minimum absolute atomic E-state index is 0.585. The van der Waals surface area contributed by atoms with Gasteiger partial charge in [0.2, 0.25) is 0 Å². The largest absolute Gasteiger partial charge is 0.390 e. The van der Waals surface area contributed by atoms with E-state index in [1.807, 2.05) is 17.8 Å². The molecule has 0 bridgehead atoms. The molecule has 1 atom stereocenters. The van der Waals surface area contributed by atoms with Crippen LogP contribution in [0.3, 0.4) is 0 Å². The lowest BCUT2D eigenvalue weighted by Gasteiger charge is -2.28. The number of hydrogen-bond donors (Lipinski definition) is 2. The van der Waals surface area contributed by atoms with Crippen molar-refractivity contribution >= 4 is 0 Å². The van der Waals surface area contributed by atoms with Crippen LogP contribution in [-0.4, -0.2) is 31.5 Å². The zero-order chi connectivity index (χ0) is 11.6. The third-order valence-electron chi connectivity index (χ3n) is 3.65. The fourth-order valence-corrected chi connectivity index (χ4v) is 2.49. The third-order valence-corrected chi connectivity index (χ3v) is 3.65. The van der Waals surface area contributed by atoms with Crippen molar-refractivity contribution in [1.29, 1.82) is 0 Å². The summed E-state index contributed by atoms with van der Waals surface area (Å²) in [5, 5.41) is 20.2. The third kappa shape index (κ3) is 2.28. The summed E-state index contributed by atoms with van der Waals surface area (Å²) in [6.45, 7) is 0. The van der Waals surface area contributed by atoms with E-state index < -0.39 is 11.7 Å². The molecule has 0 aromatic carbocycles. The Morgan fingerprint density at radius 3 is 2.75 bits per heavy atom. The average molecular weight is 224 g/mol. The van der Waals surface area contributed by atoms with Crippen LogP contribution >= 0.6 is 0 Å². The first-order valence-electron chi connectivity index (χ1n) is 5.98. The van der Waals surface area contributed by atoms with Crippen LogP contribution in [0.25, 0.3) is 0 Å². The molecule has 1 aromatic heterocycles. The summed E-state index contributed by atoms with van der Waals surface area (Å²) in [6, 6.07) is 0. The highest BCUT2D eigenvalue weighted by molar-refractivity contribution is 4.95. The lowest BCUT2D eigenvalue weighted by Crippen LogP contribution is -2.39. The quantitative estimate of drug-likeness (QED) is 0.802. The van der Waals surface area contributed by atoms with Gasteiger partial charge in [0.15, 0.2) is 0 Å². The minimum Gasteiger partial charge on any atom is -0.390 e. The lowest BCUT2D eigenvalue weighted by molar-refractivity contribution is -0.0728. The van der Waals surface area contributed by atoms with Crippen LogP contribution in [0.1, 0.15) is 37.9 Å². The maximum absolute atomic E-state index is 10.2. The summed E-state index contributed by atoms with van der Waals surface area (Å²) in [6.07, 6.45) is 7.84. The van der Waals surface area contributed by atoms with Gasteiger partial charge < -0.3 is 14.8 Å². The topological polar surface area (TPSA) is 58.3 Å². The second-order valence-electron chi connectivity index (χ2n) is 4.82. The first-order valence-corrected chi connectivity index (χ1v) is 5.98. The van der Waals surface area contributed by atoms with E-state index in [1.165, 1.54) is 0 Å². The van der Waals surface area contributed by atoms with Crippen molar-refractivity contribution in [3.8, 4) is 0 Å². The Kier molecular flexibility index (Phi) is 3.30. The standard InChI is InChI=1S/C12H20N2O2/c1-14-9-8-13-11(14)5-4-10(15)12(16)6-2-3-7-12/h8-10,15-16H,2-7H2,1H3. The van der Waals surface area contributed by atoms with E-state index in [1.54, 1.807) is 6.20 Å². The van der Waals surface area contributed by atoms with E-state index in [2.05, 4.69) is 4.98 Å². The zero-order valence-corrected chi connectivity index (χ0v) is 9.76. The molecular formula is C12H20N2O2. The van der Waals surface area contributed by atoms with Crippen molar-refractivity contribution in [1.82, 2.24) is 9.55 Å². The zero-order valence-electron chi connectivity index (χ0n) is 9.76. The first kappa shape index (κ1) is 11.6. The monoisotopic (exact) mass is 224 g/mol.